The highest BCUT2D eigenvalue weighted by atomic mass is 19.1. The molecular formula is C9H10FN3O5. The van der Waals surface area contributed by atoms with Crippen molar-refractivity contribution in [3.05, 3.63) is 34.1 Å². The van der Waals surface area contributed by atoms with Crippen LogP contribution in [0.25, 0.3) is 0 Å². The Kier molecular flexibility index (Phi) is 4.96. The molecule has 0 saturated heterocycles. The Bertz CT molecular complexity index is 454. The third kappa shape index (κ3) is 3.96. The van der Waals surface area contributed by atoms with Gasteiger partial charge >= 0.3 is 11.7 Å². The van der Waals surface area contributed by atoms with E-state index in [1.807, 2.05) is 0 Å². The molecule has 98 valence electrons. The van der Waals surface area contributed by atoms with Gasteiger partial charge in [0.25, 0.3) is 0 Å². The zero-order chi connectivity index (χ0) is 13.5. The number of nitrogens with one attached hydrogen (secondary N) is 1. The molecule has 8 nitrogen and oxygen atoms in total. The molecule has 0 aliphatic heterocycles. The Hall–Kier alpha value is -2.26. The van der Waals surface area contributed by atoms with Gasteiger partial charge in [0, 0.05) is 12.1 Å². The third-order valence-electron chi connectivity index (χ3n) is 1.86. The number of nitro groups is 1. The molecule has 0 atom stereocenters. The monoisotopic (exact) mass is 259 g/mol. The zero-order valence-corrected chi connectivity index (χ0v) is 9.09. The van der Waals surface area contributed by atoms with Gasteiger partial charge < -0.3 is 9.57 Å². The highest BCUT2D eigenvalue weighted by Gasteiger charge is 2.14. The SMILES string of the molecule is NNOC(=O)CCOc1ccc([N+](=O)[O-])c(F)c1. The smallest absolute Gasteiger partial charge is 0.329 e. The first kappa shape index (κ1) is 13.8. The van der Waals surface area contributed by atoms with Crippen molar-refractivity contribution in [1.29, 1.82) is 0 Å². The second-order valence-corrected chi connectivity index (χ2v) is 3.06. The van der Waals surface area contributed by atoms with Gasteiger partial charge in [-0.1, -0.05) is 5.59 Å². The van der Waals surface area contributed by atoms with Gasteiger partial charge in [0.05, 0.1) is 18.0 Å². The molecule has 0 saturated carbocycles. The number of hydrogen-bond donors (Lipinski definition) is 2. The third-order valence-corrected chi connectivity index (χ3v) is 1.86. The zero-order valence-electron chi connectivity index (χ0n) is 9.09. The number of nitrogens with zero attached hydrogens (tertiary/aromatic N) is 1. The van der Waals surface area contributed by atoms with Crippen LogP contribution in [0.5, 0.6) is 5.75 Å². The van der Waals surface area contributed by atoms with Gasteiger partial charge in [0.1, 0.15) is 5.75 Å². The fourth-order valence-electron chi connectivity index (χ4n) is 1.09. The van der Waals surface area contributed by atoms with Crippen LogP contribution in [-0.2, 0) is 9.63 Å². The van der Waals surface area contributed by atoms with Gasteiger partial charge in [0.15, 0.2) is 0 Å². The van der Waals surface area contributed by atoms with Crippen LogP contribution in [0.3, 0.4) is 0 Å². The lowest BCUT2D eigenvalue weighted by Gasteiger charge is -2.05. The molecule has 9 heteroatoms. The normalized spacial score (nSPS) is 9.89. The van der Waals surface area contributed by atoms with Crippen molar-refractivity contribution in [2.24, 2.45) is 5.84 Å². The van der Waals surface area contributed by atoms with Gasteiger partial charge in [-0.2, -0.15) is 4.39 Å². The van der Waals surface area contributed by atoms with E-state index in [-0.39, 0.29) is 18.8 Å². The van der Waals surface area contributed by atoms with Crippen molar-refractivity contribution < 1.29 is 23.7 Å². The Labute approximate surface area is 101 Å². The van der Waals surface area contributed by atoms with Gasteiger partial charge in [0.2, 0.25) is 5.82 Å². The fraction of sp³-hybridized carbons (Fsp3) is 0.222. The van der Waals surface area contributed by atoms with Crippen LogP contribution in [0, 0.1) is 15.9 Å². The van der Waals surface area contributed by atoms with Crippen LogP contribution in [0.15, 0.2) is 18.2 Å². The summed E-state index contributed by atoms with van der Waals surface area (Å²) in [5, 5.41) is 10.4. The first-order valence-corrected chi connectivity index (χ1v) is 4.76. The van der Waals surface area contributed by atoms with Crippen molar-refractivity contribution in [2.75, 3.05) is 6.61 Å². The summed E-state index contributed by atoms with van der Waals surface area (Å²) in [5.74, 6) is 3.14. The van der Waals surface area contributed by atoms with E-state index in [1.165, 1.54) is 6.07 Å². The molecule has 0 aliphatic rings. The summed E-state index contributed by atoms with van der Waals surface area (Å²) in [6, 6.07) is 3.07. The van der Waals surface area contributed by atoms with Gasteiger partial charge in [-0.3, -0.25) is 14.9 Å². The van der Waals surface area contributed by atoms with Crippen LogP contribution < -0.4 is 16.2 Å². The summed E-state index contributed by atoms with van der Waals surface area (Å²) in [7, 11) is 0. The Balaban J connectivity index is 2.51. The maximum Gasteiger partial charge on any atom is 0.329 e. The molecule has 1 rings (SSSR count). The maximum atomic E-state index is 13.2. The van der Waals surface area contributed by atoms with Crippen molar-refractivity contribution >= 4 is 11.7 Å². The van der Waals surface area contributed by atoms with Gasteiger partial charge in [-0.15, -0.1) is 0 Å². The van der Waals surface area contributed by atoms with Gasteiger partial charge in [-0.05, 0) is 6.07 Å². The molecule has 1 aromatic carbocycles. The number of hydrazine groups is 1. The fourth-order valence-corrected chi connectivity index (χ4v) is 1.09. The van der Waals surface area contributed by atoms with Crippen molar-refractivity contribution in [3.8, 4) is 5.75 Å². The van der Waals surface area contributed by atoms with E-state index in [9.17, 15) is 19.3 Å². The van der Waals surface area contributed by atoms with E-state index in [0.717, 1.165) is 12.1 Å². The number of carbonyl (C=O) groups is 1. The van der Waals surface area contributed by atoms with Crippen LogP contribution in [0.1, 0.15) is 6.42 Å². The summed E-state index contributed by atoms with van der Waals surface area (Å²) in [6.07, 6.45) is -0.108. The number of hydrogen-bond acceptors (Lipinski definition) is 7. The molecular weight excluding hydrogens is 249 g/mol. The molecule has 0 aliphatic carbocycles. The number of carbonyl (C=O) groups excluding carboxylic acids is 1. The van der Waals surface area contributed by atoms with Crippen LogP contribution in [-0.4, -0.2) is 17.5 Å². The number of nitrogens with two attached hydrogens (primary N) is 1. The topological polar surface area (TPSA) is 117 Å². The highest BCUT2D eigenvalue weighted by Crippen LogP contribution is 2.22. The molecule has 0 bridgehead atoms. The molecule has 0 radical (unpaired) electrons. The lowest BCUT2D eigenvalue weighted by Crippen LogP contribution is -2.26. The summed E-state index contributed by atoms with van der Waals surface area (Å²) in [6.45, 7) is -0.0717. The maximum absolute atomic E-state index is 13.2. The molecule has 3 N–H and O–H groups in total. The molecule has 18 heavy (non-hydrogen) atoms. The molecule has 0 heterocycles. The first-order chi connectivity index (χ1) is 8.54. The standard InChI is InChI=1S/C9H10FN3O5/c10-7-5-6(1-2-8(7)13(15)16)17-4-3-9(14)18-12-11/h1-2,5,12H,3-4,11H2. The lowest BCUT2D eigenvalue weighted by atomic mass is 10.3. The minimum atomic E-state index is -1.01. The number of rotatable bonds is 6. The number of ether oxygens (including phenoxy) is 1. The summed E-state index contributed by atoms with van der Waals surface area (Å²) in [5.41, 5.74) is 1.06. The Morgan fingerprint density at radius 2 is 2.28 bits per heavy atom. The quantitative estimate of drug-likeness (QED) is 0.432. The van der Waals surface area contributed by atoms with E-state index < -0.39 is 22.4 Å². The molecule has 0 amide bonds. The Morgan fingerprint density at radius 3 is 2.83 bits per heavy atom. The average molecular weight is 259 g/mol. The summed E-state index contributed by atoms with van der Waals surface area (Å²) in [4.78, 5) is 24.5. The van der Waals surface area contributed by atoms with Crippen LogP contribution in [0.2, 0.25) is 0 Å². The van der Waals surface area contributed by atoms with Crippen LogP contribution in [0.4, 0.5) is 10.1 Å². The molecule has 0 fully saturated rings. The summed E-state index contributed by atoms with van der Waals surface area (Å²) < 4.78 is 18.2. The van der Waals surface area contributed by atoms with E-state index in [0.29, 0.717) is 0 Å². The van der Waals surface area contributed by atoms with E-state index >= 15 is 0 Å². The highest BCUT2D eigenvalue weighted by molar-refractivity contribution is 5.69. The molecule has 0 spiro atoms. The average Bonchev–Trinajstić information content (AvgIpc) is 2.29. The predicted molar refractivity (Wildman–Crippen MR) is 56.6 cm³/mol. The van der Waals surface area contributed by atoms with Crippen molar-refractivity contribution in [2.45, 2.75) is 6.42 Å². The van der Waals surface area contributed by atoms with Crippen molar-refractivity contribution in [1.82, 2.24) is 5.59 Å². The minimum Gasteiger partial charge on any atom is -0.493 e. The number of nitro benzene ring substituents is 1. The largest absolute Gasteiger partial charge is 0.493 e. The first-order valence-electron chi connectivity index (χ1n) is 4.76. The van der Waals surface area contributed by atoms with Gasteiger partial charge in [-0.25, -0.2) is 5.84 Å². The molecule has 0 aromatic heterocycles. The molecule has 0 unspecified atom stereocenters. The molecule has 1 aromatic rings. The summed E-state index contributed by atoms with van der Waals surface area (Å²) >= 11 is 0. The van der Waals surface area contributed by atoms with Crippen molar-refractivity contribution in [3.63, 3.8) is 0 Å². The van der Waals surface area contributed by atoms with E-state index in [4.69, 9.17) is 10.6 Å². The lowest BCUT2D eigenvalue weighted by molar-refractivity contribution is -0.387. The second-order valence-electron chi connectivity index (χ2n) is 3.06. The number of halogens is 1. The number of benzene rings is 1. The second kappa shape index (κ2) is 6.47. The Morgan fingerprint density at radius 1 is 1.56 bits per heavy atom. The van der Waals surface area contributed by atoms with E-state index in [2.05, 4.69) is 4.84 Å². The minimum absolute atomic E-state index is 0.0717. The predicted octanol–water partition coefficient (Wildman–Crippen LogP) is 0.424. The van der Waals surface area contributed by atoms with E-state index in [1.54, 1.807) is 5.59 Å². The van der Waals surface area contributed by atoms with Crippen LogP contribution >= 0.6 is 0 Å².